The lowest BCUT2D eigenvalue weighted by atomic mass is 10.1. The molecule has 1 unspecified atom stereocenters. The van der Waals surface area contributed by atoms with Crippen LogP contribution in [0.4, 0.5) is 0 Å². The van der Waals surface area contributed by atoms with Crippen molar-refractivity contribution in [1.82, 2.24) is 5.32 Å². The smallest absolute Gasteiger partial charge is 0.134 e. The van der Waals surface area contributed by atoms with Crippen LogP contribution in [0.2, 0.25) is 0 Å². The highest BCUT2D eigenvalue weighted by Gasteiger charge is 2.13. The molecule has 0 aliphatic carbocycles. The van der Waals surface area contributed by atoms with Crippen LogP contribution in [0.25, 0.3) is 11.0 Å². The minimum Gasteiger partial charge on any atom is -0.497 e. The lowest BCUT2D eigenvalue weighted by Crippen LogP contribution is -2.19. The van der Waals surface area contributed by atoms with Gasteiger partial charge in [-0.15, -0.1) is 0 Å². The topological polar surface area (TPSA) is 34.4 Å². The molecule has 92 valence electrons. The van der Waals surface area contributed by atoms with Gasteiger partial charge in [0.15, 0.2) is 0 Å². The van der Waals surface area contributed by atoms with Crippen LogP contribution < -0.4 is 10.1 Å². The van der Waals surface area contributed by atoms with E-state index in [1.807, 2.05) is 18.2 Å². The molecule has 1 N–H and O–H groups in total. The summed E-state index contributed by atoms with van der Waals surface area (Å²) < 4.78 is 11.1. The fourth-order valence-electron chi connectivity index (χ4n) is 2.03. The molecular weight excluding hydrogens is 214 g/mol. The number of hydrogen-bond acceptors (Lipinski definition) is 3. The lowest BCUT2D eigenvalue weighted by Gasteiger charge is -2.11. The van der Waals surface area contributed by atoms with Crippen molar-refractivity contribution in [2.24, 2.45) is 0 Å². The molecule has 3 heteroatoms. The van der Waals surface area contributed by atoms with E-state index in [0.29, 0.717) is 6.04 Å². The molecular formula is C14H19NO2. The zero-order valence-corrected chi connectivity index (χ0v) is 10.6. The first-order chi connectivity index (χ1) is 8.28. The number of nitrogens with one attached hydrogen (secondary N) is 1. The van der Waals surface area contributed by atoms with Gasteiger partial charge in [0.05, 0.1) is 13.2 Å². The van der Waals surface area contributed by atoms with Crippen molar-refractivity contribution < 1.29 is 9.15 Å². The second kappa shape index (κ2) is 5.23. The summed E-state index contributed by atoms with van der Waals surface area (Å²) >= 11 is 0. The average Bonchev–Trinajstić information content (AvgIpc) is 2.78. The van der Waals surface area contributed by atoms with Gasteiger partial charge in [0.1, 0.15) is 17.1 Å². The van der Waals surface area contributed by atoms with Gasteiger partial charge >= 0.3 is 0 Å². The molecule has 0 saturated carbocycles. The molecule has 0 radical (unpaired) electrons. The molecule has 17 heavy (non-hydrogen) atoms. The molecule has 3 nitrogen and oxygen atoms in total. The molecule has 1 heterocycles. The normalized spacial score (nSPS) is 12.9. The molecule has 1 aromatic carbocycles. The summed E-state index contributed by atoms with van der Waals surface area (Å²) in [6, 6.07) is 8.26. The number of methoxy groups -OCH3 is 1. The summed E-state index contributed by atoms with van der Waals surface area (Å²) in [5, 5.41) is 4.51. The molecule has 2 aromatic rings. The van der Waals surface area contributed by atoms with E-state index in [1.54, 1.807) is 7.11 Å². The Labute approximate surface area is 102 Å². The van der Waals surface area contributed by atoms with Crippen molar-refractivity contribution in [3.8, 4) is 5.75 Å². The Kier molecular flexibility index (Phi) is 3.69. The van der Waals surface area contributed by atoms with Gasteiger partial charge in [-0.25, -0.2) is 0 Å². The van der Waals surface area contributed by atoms with E-state index in [-0.39, 0.29) is 0 Å². The summed E-state index contributed by atoms with van der Waals surface area (Å²) in [5.41, 5.74) is 0.914. The maximum Gasteiger partial charge on any atom is 0.134 e. The van der Waals surface area contributed by atoms with Crippen LogP contribution in [-0.2, 0) is 0 Å². The van der Waals surface area contributed by atoms with Crippen LogP contribution in [0, 0.1) is 0 Å². The molecule has 1 atom stereocenters. The van der Waals surface area contributed by atoms with Crippen LogP contribution in [-0.4, -0.2) is 13.7 Å². The first-order valence-corrected chi connectivity index (χ1v) is 6.09. The number of furan rings is 1. The number of rotatable bonds is 5. The van der Waals surface area contributed by atoms with Crippen molar-refractivity contribution >= 4 is 11.0 Å². The van der Waals surface area contributed by atoms with Crippen molar-refractivity contribution in [2.75, 3.05) is 13.7 Å². The van der Waals surface area contributed by atoms with E-state index in [4.69, 9.17) is 9.15 Å². The fourth-order valence-corrected chi connectivity index (χ4v) is 2.03. The van der Waals surface area contributed by atoms with Gasteiger partial charge < -0.3 is 14.5 Å². The second-order valence-corrected chi connectivity index (χ2v) is 4.07. The summed E-state index contributed by atoms with van der Waals surface area (Å²) in [6.07, 6.45) is 1.02. The first kappa shape index (κ1) is 12.0. The molecule has 0 aliphatic rings. The minimum absolute atomic E-state index is 0.290. The number of hydrogen-bond donors (Lipinski definition) is 1. The van der Waals surface area contributed by atoms with Crippen molar-refractivity contribution in [3.63, 3.8) is 0 Å². The molecule has 0 fully saturated rings. The molecule has 0 bridgehead atoms. The SMILES string of the molecule is CCNC(CC)c1cc2cc(OC)ccc2o1. The number of fused-ring (bicyclic) bond motifs is 1. The van der Waals surface area contributed by atoms with Crippen LogP contribution in [0.15, 0.2) is 28.7 Å². The first-order valence-electron chi connectivity index (χ1n) is 6.09. The molecule has 0 spiro atoms. The van der Waals surface area contributed by atoms with Crippen LogP contribution in [0.3, 0.4) is 0 Å². The van der Waals surface area contributed by atoms with E-state index in [2.05, 4.69) is 25.2 Å². The highest BCUT2D eigenvalue weighted by atomic mass is 16.5. The lowest BCUT2D eigenvalue weighted by molar-refractivity contribution is 0.414. The maximum absolute atomic E-state index is 5.86. The average molecular weight is 233 g/mol. The van der Waals surface area contributed by atoms with Gasteiger partial charge in [0.2, 0.25) is 0 Å². The predicted molar refractivity (Wildman–Crippen MR) is 69.5 cm³/mol. The van der Waals surface area contributed by atoms with Crippen molar-refractivity contribution in [3.05, 3.63) is 30.0 Å². The van der Waals surface area contributed by atoms with E-state index in [0.717, 1.165) is 35.4 Å². The van der Waals surface area contributed by atoms with Gasteiger partial charge in [-0.2, -0.15) is 0 Å². The molecule has 2 rings (SSSR count). The summed E-state index contributed by atoms with van der Waals surface area (Å²) in [5.74, 6) is 1.86. The zero-order valence-electron chi connectivity index (χ0n) is 10.6. The van der Waals surface area contributed by atoms with E-state index in [1.165, 1.54) is 0 Å². The maximum atomic E-state index is 5.86. The molecule has 1 aromatic heterocycles. The van der Waals surface area contributed by atoms with Crippen LogP contribution in [0.1, 0.15) is 32.1 Å². The Morgan fingerprint density at radius 1 is 1.29 bits per heavy atom. The van der Waals surface area contributed by atoms with Crippen LogP contribution in [0.5, 0.6) is 5.75 Å². The number of ether oxygens (including phenoxy) is 1. The summed E-state index contributed by atoms with van der Waals surface area (Å²) in [7, 11) is 1.68. The third kappa shape index (κ3) is 2.44. The molecule has 0 saturated heterocycles. The quantitative estimate of drug-likeness (QED) is 0.858. The Hall–Kier alpha value is -1.48. The van der Waals surface area contributed by atoms with Gasteiger partial charge in [0, 0.05) is 5.39 Å². The summed E-state index contributed by atoms with van der Waals surface area (Å²) in [4.78, 5) is 0. The Balaban J connectivity index is 2.36. The summed E-state index contributed by atoms with van der Waals surface area (Å²) in [6.45, 7) is 5.20. The largest absolute Gasteiger partial charge is 0.497 e. The number of benzene rings is 1. The van der Waals surface area contributed by atoms with Crippen molar-refractivity contribution in [1.29, 1.82) is 0 Å². The predicted octanol–water partition coefficient (Wildman–Crippen LogP) is 3.50. The Morgan fingerprint density at radius 2 is 2.12 bits per heavy atom. The highest BCUT2D eigenvalue weighted by Crippen LogP contribution is 2.28. The minimum atomic E-state index is 0.290. The van der Waals surface area contributed by atoms with Gasteiger partial charge in [-0.3, -0.25) is 0 Å². The van der Waals surface area contributed by atoms with E-state index in [9.17, 15) is 0 Å². The monoisotopic (exact) mass is 233 g/mol. The third-order valence-electron chi connectivity index (χ3n) is 2.94. The van der Waals surface area contributed by atoms with Gasteiger partial charge in [0.25, 0.3) is 0 Å². The Morgan fingerprint density at radius 3 is 2.76 bits per heavy atom. The van der Waals surface area contributed by atoms with Crippen molar-refractivity contribution in [2.45, 2.75) is 26.3 Å². The fraction of sp³-hybridized carbons (Fsp3) is 0.429. The van der Waals surface area contributed by atoms with E-state index < -0.39 is 0 Å². The van der Waals surface area contributed by atoms with Crippen LogP contribution >= 0.6 is 0 Å². The Bertz CT molecular complexity index is 490. The standard InChI is InChI=1S/C14H19NO2/c1-4-12(15-5-2)14-9-10-8-11(16-3)6-7-13(10)17-14/h6-9,12,15H,4-5H2,1-3H3. The molecule has 0 amide bonds. The van der Waals surface area contributed by atoms with Gasteiger partial charge in [-0.05, 0) is 37.2 Å². The van der Waals surface area contributed by atoms with E-state index >= 15 is 0 Å². The second-order valence-electron chi connectivity index (χ2n) is 4.07. The molecule has 0 aliphatic heterocycles. The van der Waals surface area contributed by atoms with Gasteiger partial charge in [-0.1, -0.05) is 13.8 Å². The zero-order chi connectivity index (χ0) is 12.3. The highest BCUT2D eigenvalue weighted by molar-refractivity contribution is 5.79. The third-order valence-corrected chi connectivity index (χ3v) is 2.94.